The number of nitrogens with two attached hydrogens (primary N) is 1. The van der Waals surface area contributed by atoms with Crippen molar-refractivity contribution in [3.63, 3.8) is 0 Å². The normalized spacial score (nSPS) is 23.6. The topological polar surface area (TPSA) is 81.6 Å². The van der Waals surface area contributed by atoms with Crippen LogP contribution in [0.5, 0.6) is 0 Å². The molecule has 2 aliphatic heterocycles. The second kappa shape index (κ2) is 7.34. The van der Waals surface area contributed by atoms with Gasteiger partial charge in [-0.15, -0.1) is 10.2 Å². The van der Waals surface area contributed by atoms with Gasteiger partial charge in [-0.05, 0) is 32.8 Å². The van der Waals surface area contributed by atoms with Crippen molar-refractivity contribution in [1.82, 2.24) is 19.6 Å². The minimum atomic E-state index is 0.0610. The van der Waals surface area contributed by atoms with Crippen LogP contribution in [0.2, 0.25) is 10.0 Å². The van der Waals surface area contributed by atoms with E-state index in [2.05, 4.69) is 22.0 Å². The Morgan fingerprint density at radius 1 is 1.23 bits per heavy atom. The molecule has 2 aliphatic rings. The average Bonchev–Trinajstić information content (AvgIpc) is 3.32. The number of fused-ring (bicyclic) bond motifs is 1. The molecule has 0 bridgehead atoms. The Labute approximate surface area is 185 Å². The number of aromatic nitrogens is 4. The van der Waals surface area contributed by atoms with Crippen molar-refractivity contribution in [1.29, 1.82) is 0 Å². The van der Waals surface area contributed by atoms with E-state index in [1.165, 1.54) is 0 Å². The molecular formula is C21H24Cl2N6O. The molecule has 9 heteroatoms. The fourth-order valence-electron chi connectivity index (χ4n) is 4.83. The van der Waals surface area contributed by atoms with E-state index in [-0.39, 0.29) is 17.6 Å². The molecule has 1 unspecified atom stereocenters. The van der Waals surface area contributed by atoms with Crippen LogP contribution in [0.15, 0.2) is 24.5 Å². The largest absolute Gasteiger partial charge is 0.376 e. The fourth-order valence-corrected chi connectivity index (χ4v) is 5.23. The fraction of sp³-hybridized carbons (Fsp3) is 0.476. The number of piperidine rings is 1. The second-order valence-corrected chi connectivity index (χ2v) is 9.17. The molecule has 0 radical (unpaired) electrons. The molecule has 1 spiro atoms. The van der Waals surface area contributed by atoms with Gasteiger partial charge in [-0.2, -0.15) is 0 Å². The van der Waals surface area contributed by atoms with E-state index >= 15 is 0 Å². The minimum absolute atomic E-state index is 0.0610. The highest BCUT2D eigenvalue weighted by Gasteiger charge is 2.47. The molecule has 0 aliphatic carbocycles. The highest BCUT2D eigenvalue weighted by atomic mass is 35.5. The van der Waals surface area contributed by atoms with Gasteiger partial charge in [0.25, 0.3) is 0 Å². The third-order valence-corrected chi connectivity index (χ3v) is 7.54. The van der Waals surface area contributed by atoms with Gasteiger partial charge >= 0.3 is 0 Å². The smallest absolute Gasteiger partial charge is 0.212 e. The molecule has 7 nitrogen and oxygen atoms in total. The number of hydrogen-bond donors (Lipinski definition) is 1. The summed E-state index contributed by atoms with van der Waals surface area (Å²) in [5, 5.41) is 9.53. The molecule has 5 rings (SSSR count). The summed E-state index contributed by atoms with van der Waals surface area (Å²) in [5.74, 6) is 0.838. The van der Waals surface area contributed by atoms with Crippen LogP contribution in [0, 0.1) is 12.3 Å². The molecule has 3 aromatic rings. The molecular weight excluding hydrogens is 423 g/mol. The number of benzene rings is 1. The third kappa shape index (κ3) is 2.99. The Balaban J connectivity index is 1.52. The van der Waals surface area contributed by atoms with Crippen LogP contribution in [-0.4, -0.2) is 51.4 Å². The highest BCUT2D eigenvalue weighted by molar-refractivity contribution is 6.43. The first-order valence-electron chi connectivity index (χ1n) is 10.2. The maximum absolute atomic E-state index is 6.50. The molecule has 2 N–H and O–H groups in total. The Morgan fingerprint density at radius 3 is 2.70 bits per heavy atom. The van der Waals surface area contributed by atoms with E-state index in [0.29, 0.717) is 10.0 Å². The van der Waals surface area contributed by atoms with Crippen molar-refractivity contribution < 1.29 is 4.74 Å². The van der Waals surface area contributed by atoms with Crippen LogP contribution >= 0.6 is 23.2 Å². The zero-order valence-electron chi connectivity index (χ0n) is 17.0. The van der Waals surface area contributed by atoms with Crippen molar-refractivity contribution in [2.24, 2.45) is 11.1 Å². The Hall–Kier alpha value is -1.93. The molecule has 2 fully saturated rings. The van der Waals surface area contributed by atoms with Crippen LogP contribution in [0.25, 0.3) is 16.8 Å². The highest BCUT2D eigenvalue weighted by Crippen LogP contribution is 2.42. The number of halogens is 2. The lowest BCUT2D eigenvalue weighted by Gasteiger charge is -2.41. The summed E-state index contributed by atoms with van der Waals surface area (Å²) in [6.45, 7) is 6.50. The van der Waals surface area contributed by atoms with Crippen LogP contribution in [0.3, 0.4) is 0 Å². The summed E-state index contributed by atoms with van der Waals surface area (Å²) in [6.07, 6.45) is 3.77. The van der Waals surface area contributed by atoms with Crippen molar-refractivity contribution in [2.75, 3.05) is 24.6 Å². The first-order valence-corrected chi connectivity index (χ1v) is 10.9. The predicted molar refractivity (Wildman–Crippen MR) is 118 cm³/mol. The number of ether oxygens (including phenoxy) is 1. The monoisotopic (exact) mass is 446 g/mol. The zero-order chi connectivity index (χ0) is 21.0. The first-order chi connectivity index (χ1) is 14.4. The first kappa shape index (κ1) is 20.0. The van der Waals surface area contributed by atoms with E-state index in [1.807, 2.05) is 23.5 Å². The van der Waals surface area contributed by atoms with Gasteiger partial charge in [0.1, 0.15) is 6.33 Å². The van der Waals surface area contributed by atoms with E-state index in [9.17, 15) is 0 Å². The number of hydrogen-bond acceptors (Lipinski definition) is 6. The van der Waals surface area contributed by atoms with Gasteiger partial charge in [0, 0.05) is 35.7 Å². The maximum Gasteiger partial charge on any atom is 0.212 e. The van der Waals surface area contributed by atoms with Crippen LogP contribution < -0.4 is 10.6 Å². The van der Waals surface area contributed by atoms with Crippen LogP contribution in [-0.2, 0) is 4.74 Å². The van der Waals surface area contributed by atoms with Gasteiger partial charge in [0.15, 0.2) is 5.65 Å². The maximum atomic E-state index is 6.50. The summed E-state index contributed by atoms with van der Waals surface area (Å²) in [7, 11) is 0. The SMILES string of the molecule is Cc1nc(N2CCC3(CC2)CO[C@@H](C)C3N)n2cnnc2c1-c1cccc(Cl)c1Cl. The van der Waals surface area contributed by atoms with E-state index in [1.54, 1.807) is 12.4 Å². The third-order valence-electron chi connectivity index (χ3n) is 6.73. The van der Waals surface area contributed by atoms with Crippen LogP contribution in [0.4, 0.5) is 5.95 Å². The quantitative estimate of drug-likeness (QED) is 0.645. The average molecular weight is 447 g/mol. The molecule has 2 aromatic heterocycles. The van der Waals surface area contributed by atoms with Crippen molar-refractivity contribution in [3.8, 4) is 11.1 Å². The number of anilines is 1. The summed E-state index contributed by atoms with van der Waals surface area (Å²) < 4.78 is 7.79. The van der Waals surface area contributed by atoms with Gasteiger partial charge in [-0.3, -0.25) is 4.40 Å². The molecule has 0 saturated carbocycles. The van der Waals surface area contributed by atoms with Gasteiger partial charge < -0.3 is 15.4 Å². The van der Waals surface area contributed by atoms with Gasteiger partial charge in [-0.1, -0.05) is 35.3 Å². The number of nitrogens with zero attached hydrogens (tertiary/aromatic N) is 5. The number of rotatable bonds is 2. The predicted octanol–water partition coefficient (Wildman–Crippen LogP) is 3.74. The number of aryl methyl sites for hydroxylation is 1. The lowest BCUT2D eigenvalue weighted by atomic mass is 9.73. The summed E-state index contributed by atoms with van der Waals surface area (Å²) in [4.78, 5) is 7.22. The zero-order valence-corrected chi connectivity index (χ0v) is 18.5. The second-order valence-electron chi connectivity index (χ2n) is 8.39. The van der Waals surface area contributed by atoms with E-state index in [0.717, 1.165) is 61.0 Å². The van der Waals surface area contributed by atoms with Gasteiger partial charge in [-0.25, -0.2) is 4.98 Å². The summed E-state index contributed by atoms with van der Waals surface area (Å²) in [5.41, 5.74) is 9.74. The standard InChI is InChI=1S/C21H24Cl2N6O/c1-12-16(14-4-3-5-15(22)17(14)23)19-27-25-11-29(19)20(26-12)28-8-6-21(7-9-28)10-30-13(2)18(21)24/h3-5,11,13,18H,6-10,24H2,1-2H3/t13-,18?/m0/s1. The molecule has 30 heavy (non-hydrogen) atoms. The molecule has 4 heterocycles. The molecule has 1 aromatic carbocycles. The molecule has 2 atom stereocenters. The van der Waals surface area contributed by atoms with E-state index in [4.69, 9.17) is 38.7 Å². The molecule has 0 amide bonds. The minimum Gasteiger partial charge on any atom is -0.376 e. The lowest BCUT2D eigenvalue weighted by molar-refractivity contribution is 0.0973. The van der Waals surface area contributed by atoms with Gasteiger partial charge in [0.2, 0.25) is 5.95 Å². The van der Waals surface area contributed by atoms with E-state index < -0.39 is 0 Å². The van der Waals surface area contributed by atoms with Crippen LogP contribution in [0.1, 0.15) is 25.5 Å². The molecule has 158 valence electrons. The van der Waals surface area contributed by atoms with Crippen molar-refractivity contribution in [3.05, 3.63) is 40.3 Å². The van der Waals surface area contributed by atoms with Gasteiger partial charge in [0.05, 0.1) is 28.5 Å². The molecule has 2 saturated heterocycles. The Bertz CT molecular complexity index is 1110. The lowest BCUT2D eigenvalue weighted by Crippen LogP contribution is -2.51. The van der Waals surface area contributed by atoms with Crippen molar-refractivity contribution >= 4 is 34.8 Å². The van der Waals surface area contributed by atoms with Crippen molar-refractivity contribution in [2.45, 2.75) is 38.8 Å². The Kier molecular flexibility index (Phi) is 4.89. The Morgan fingerprint density at radius 2 is 2.00 bits per heavy atom. The summed E-state index contributed by atoms with van der Waals surface area (Å²) >= 11 is 12.8. The summed E-state index contributed by atoms with van der Waals surface area (Å²) in [6, 6.07) is 5.66.